The molecule has 7 heteroatoms. The van der Waals surface area contributed by atoms with Gasteiger partial charge in [0.1, 0.15) is 11.6 Å². The molecule has 31 heavy (non-hydrogen) atoms. The third-order valence-corrected chi connectivity index (χ3v) is 4.89. The molecule has 1 atom stereocenters. The summed E-state index contributed by atoms with van der Waals surface area (Å²) >= 11 is 0. The van der Waals surface area contributed by atoms with Crippen LogP contribution in [0, 0.1) is 5.82 Å². The quantitative estimate of drug-likeness (QED) is 0.497. The summed E-state index contributed by atoms with van der Waals surface area (Å²) in [6, 6.07) is 13.3. The number of halogens is 1. The summed E-state index contributed by atoms with van der Waals surface area (Å²) in [6.07, 6.45) is 0.653. The van der Waals surface area contributed by atoms with E-state index < -0.39 is 12.1 Å². The number of aliphatic hydroxyl groups excluding tert-OH is 1. The fraction of sp³-hybridized carbons (Fsp3) is 0.333. The minimum atomic E-state index is -0.926. The van der Waals surface area contributed by atoms with Crippen molar-refractivity contribution in [3.8, 4) is 28.3 Å². The van der Waals surface area contributed by atoms with Gasteiger partial charge in [-0.3, -0.25) is 9.48 Å². The molecular weight excluding hydrogens is 399 g/mol. The van der Waals surface area contributed by atoms with Gasteiger partial charge in [-0.1, -0.05) is 32.0 Å². The van der Waals surface area contributed by atoms with Gasteiger partial charge in [0, 0.05) is 11.1 Å². The third kappa shape index (κ3) is 5.70. The fourth-order valence-electron chi connectivity index (χ4n) is 3.30. The van der Waals surface area contributed by atoms with E-state index in [1.54, 1.807) is 35.0 Å². The molecule has 0 saturated carbocycles. The Morgan fingerprint density at radius 1 is 1.19 bits per heavy atom. The average Bonchev–Trinajstić information content (AvgIpc) is 3.15. The molecular formula is C24H27FN2O4. The van der Waals surface area contributed by atoms with Crippen LogP contribution in [0.4, 0.5) is 4.39 Å². The number of aliphatic hydroxyl groups is 1. The van der Waals surface area contributed by atoms with E-state index in [0.717, 1.165) is 6.42 Å². The van der Waals surface area contributed by atoms with Crippen LogP contribution in [0.3, 0.4) is 0 Å². The summed E-state index contributed by atoms with van der Waals surface area (Å²) in [5, 5.41) is 24.1. The molecule has 3 rings (SSSR count). The highest BCUT2D eigenvalue weighted by molar-refractivity contribution is 5.76. The molecule has 3 aromatic rings. The second-order valence-electron chi connectivity index (χ2n) is 7.42. The third-order valence-electron chi connectivity index (χ3n) is 4.89. The lowest BCUT2D eigenvalue weighted by molar-refractivity contribution is -0.136. The zero-order valence-corrected chi connectivity index (χ0v) is 17.7. The minimum Gasteiger partial charge on any atom is -0.493 e. The van der Waals surface area contributed by atoms with Crippen molar-refractivity contribution in [2.24, 2.45) is 0 Å². The molecule has 2 N–H and O–H groups in total. The van der Waals surface area contributed by atoms with Gasteiger partial charge in [-0.15, -0.1) is 0 Å². The molecule has 0 aliphatic heterocycles. The Balaban J connectivity index is 2.12. The Hall–Kier alpha value is -3.19. The predicted octanol–water partition coefficient (Wildman–Crippen LogP) is 4.54. The van der Waals surface area contributed by atoms with E-state index in [-0.39, 0.29) is 18.8 Å². The van der Waals surface area contributed by atoms with Crippen LogP contribution in [-0.2, 0) is 17.8 Å². The van der Waals surface area contributed by atoms with Crippen molar-refractivity contribution in [2.45, 2.75) is 45.8 Å². The van der Waals surface area contributed by atoms with Crippen LogP contribution < -0.4 is 4.74 Å². The second kappa shape index (κ2) is 10.2. The number of ether oxygens (including phenoxy) is 1. The van der Waals surface area contributed by atoms with Gasteiger partial charge < -0.3 is 14.9 Å². The Labute approximate surface area is 180 Å². The number of benzene rings is 2. The van der Waals surface area contributed by atoms with Crippen LogP contribution in [0.25, 0.3) is 22.5 Å². The number of hydrogen-bond acceptors (Lipinski definition) is 4. The van der Waals surface area contributed by atoms with Crippen molar-refractivity contribution >= 4 is 5.97 Å². The molecule has 0 fully saturated rings. The van der Waals surface area contributed by atoms with Crippen LogP contribution in [-0.4, -0.2) is 38.7 Å². The molecule has 0 bridgehead atoms. The van der Waals surface area contributed by atoms with Crippen molar-refractivity contribution < 1.29 is 24.1 Å². The molecule has 0 aliphatic rings. The first-order chi connectivity index (χ1) is 14.9. The minimum absolute atomic E-state index is 0.118. The van der Waals surface area contributed by atoms with Crippen LogP contribution in [0.15, 0.2) is 48.5 Å². The van der Waals surface area contributed by atoms with Gasteiger partial charge in [0.15, 0.2) is 0 Å². The number of rotatable bonds is 10. The van der Waals surface area contributed by atoms with Crippen molar-refractivity contribution in [1.29, 1.82) is 0 Å². The zero-order valence-electron chi connectivity index (χ0n) is 17.7. The van der Waals surface area contributed by atoms with Gasteiger partial charge in [0.05, 0.1) is 37.1 Å². The van der Waals surface area contributed by atoms with Gasteiger partial charge in [0.2, 0.25) is 0 Å². The van der Waals surface area contributed by atoms with E-state index in [0.29, 0.717) is 46.9 Å². The molecule has 2 aromatic carbocycles. The van der Waals surface area contributed by atoms with E-state index in [1.165, 1.54) is 12.1 Å². The number of carbonyl (C=O) groups is 1. The molecule has 1 heterocycles. The standard InChI is InChI=1S/C24H27FN2O4/c1-3-10-31-23-9-8-16(12-24(29)30)11-20(23)21-14-22(17-6-5-7-18(25)13-17)27(26-21)15-19(28)4-2/h5-9,11,13-14,19,28H,3-4,10,12,15H2,1-2H3,(H,29,30)/t19-/m0/s1. The number of hydrogen-bond donors (Lipinski definition) is 2. The molecule has 0 radical (unpaired) electrons. The first kappa shape index (κ1) is 22.5. The Bertz CT molecular complexity index is 1050. The van der Waals surface area contributed by atoms with Gasteiger partial charge in [-0.25, -0.2) is 4.39 Å². The molecule has 0 amide bonds. The van der Waals surface area contributed by atoms with Gasteiger partial charge in [0.25, 0.3) is 0 Å². The summed E-state index contributed by atoms with van der Waals surface area (Å²) in [6.45, 7) is 4.64. The van der Waals surface area contributed by atoms with Gasteiger partial charge in [-0.05, 0) is 48.7 Å². The van der Waals surface area contributed by atoms with Crippen molar-refractivity contribution in [3.63, 3.8) is 0 Å². The Morgan fingerprint density at radius 2 is 2.00 bits per heavy atom. The highest BCUT2D eigenvalue weighted by Crippen LogP contribution is 2.34. The Kier molecular flexibility index (Phi) is 7.41. The average molecular weight is 426 g/mol. The first-order valence-electron chi connectivity index (χ1n) is 10.4. The maximum atomic E-state index is 13.9. The lowest BCUT2D eigenvalue weighted by atomic mass is 10.0. The summed E-state index contributed by atoms with van der Waals surface area (Å²) < 4.78 is 21.4. The number of carboxylic acid groups (broad SMARTS) is 1. The molecule has 0 aliphatic carbocycles. The van der Waals surface area contributed by atoms with E-state index in [1.807, 2.05) is 19.9 Å². The molecule has 1 aromatic heterocycles. The first-order valence-corrected chi connectivity index (χ1v) is 10.4. The van der Waals surface area contributed by atoms with Crippen molar-refractivity contribution in [3.05, 3.63) is 59.9 Å². The lowest BCUT2D eigenvalue weighted by Crippen LogP contribution is -2.16. The maximum absolute atomic E-state index is 13.9. The summed E-state index contributed by atoms with van der Waals surface area (Å²) in [4.78, 5) is 11.2. The molecule has 0 spiro atoms. The zero-order chi connectivity index (χ0) is 22.4. The number of nitrogens with zero attached hydrogens (tertiary/aromatic N) is 2. The number of aliphatic carboxylic acids is 1. The summed E-state index contributed by atoms with van der Waals surface area (Å²) in [5.41, 5.74) is 3.16. The lowest BCUT2D eigenvalue weighted by Gasteiger charge is -2.12. The topological polar surface area (TPSA) is 84.6 Å². The van der Waals surface area contributed by atoms with Crippen molar-refractivity contribution in [1.82, 2.24) is 9.78 Å². The van der Waals surface area contributed by atoms with Crippen LogP contribution >= 0.6 is 0 Å². The highest BCUT2D eigenvalue weighted by Gasteiger charge is 2.18. The van der Waals surface area contributed by atoms with Crippen molar-refractivity contribution in [2.75, 3.05) is 6.61 Å². The predicted molar refractivity (Wildman–Crippen MR) is 116 cm³/mol. The number of aromatic nitrogens is 2. The molecule has 6 nitrogen and oxygen atoms in total. The van der Waals surface area contributed by atoms with Crippen LogP contribution in [0.1, 0.15) is 32.3 Å². The van der Waals surface area contributed by atoms with E-state index >= 15 is 0 Å². The van der Waals surface area contributed by atoms with Gasteiger partial charge >= 0.3 is 5.97 Å². The molecule has 0 unspecified atom stereocenters. The van der Waals surface area contributed by atoms with E-state index in [9.17, 15) is 19.4 Å². The number of carboxylic acids is 1. The van der Waals surface area contributed by atoms with Crippen LogP contribution in [0.5, 0.6) is 5.75 Å². The second-order valence-corrected chi connectivity index (χ2v) is 7.42. The molecule has 0 saturated heterocycles. The largest absolute Gasteiger partial charge is 0.493 e. The maximum Gasteiger partial charge on any atom is 0.307 e. The Morgan fingerprint density at radius 3 is 2.68 bits per heavy atom. The molecule has 164 valence electrons. The van der Waals surface area contributed by atoms with Crippen LogP contribution in [0.2, 0.25) is 0 Å². The van der Waals surface area contributed by atoms with E-state index in [2.05, 4.69) is 5.10 Å². The summed E-state index contributed by atoms with van der Waals surface area (Å²) in [7, 11) is 0. The SMILES string of the molecule is CCCOc1ccc(CC(=O)O)cc1-c1cc(-c2cccc(F)c2)n(C[C@@H](O)CC)n1. The normalized spacial score (nSPS) is 12.0. The smallest absolute Gasteiger partial charge is 0.307 e. The summed E-state index contributed by atoms with van der Waals surface area (Å²) in [5.74, 6) is -0.689. The monoisotopic (exact) mass is 426 g/mol. The van der Waals surface area contributed by atoms with Gasteiger partial charge in [-0.2, -0.15) is 5.10 Å². The fourth-order valence-corrected chi connectivity index (χ4v) is 3.30. The van der Waals surface area contributed by atoms with E-state index in [4.69, 9.17) is 4.74 Å². The highest BCUT2D eigenvalue weighted by atomic mass is 19.1.